The van der Waals surface area contributed by atoms with Gasteiger partial charge in [0.05, 0.1) is 0 Å². The molecule has 1 saturated carbocycles. The standard InChI is InChI=1S/C19H38N2/c1-17(2)14-20-15-19(10-8-18(3)9-11-19)16-21-12-6-4-5-7-13-21/h17-18,20H,4-16H2,1-3H3. The fourth-order valence-corrected chi connectivity index (χ4v) is 4.16. The molecule has 2 nitrogen and oxygen atoms in total. The first kappa shape index (κ1) is 17.3. The van der Waals surface area contributed by atoms with E-state index in [0.717, 1.165) is 11.8 Å². The molecule has 124 valence electrons. The predicted molar refractivity (Wildman–Crippen MR) is 92.7 cm³/mol. The fourth-order valence-electron chi connectivity index (χ4n) is 4.16. The molecule has 2 rings (SSSR count). The van der Waals surface area contributed by atoms with Crippen molar-refractivity contribution in [2.75, 3.05) is 32.7 Å². The summed E-state index contributed by atoms with van der Waals surface area (Å²) in [7, 11) is 0. The summed E-state index contributed by atoms with van der Waals surface area (Å²) in [6.07, 6.45) is 11.5. The molecule has 1 N–H and O–H groups in total. The zero-order valence-corrected chi connectivity index (χ0v) is 14.8. The van der Waals surface area contributed by atoms with Crippen molar-refractivity contribution in [3.8, 4) is 0 Å². The molecule has 1 aliphatic carbocycles. The van der Waals surface area contributed by atoms with Crippen molar-refractivity contribution >= 4 is 0 Å². The lowest BCUT2D eigenvalue weighted by Gasteiger charge is -2.43. The van der Waals surface area contributed by atoms with E-state index >= 15 is 0 Å². The van der Waals surface area contributed by atoms with Gasteiger partial charge in [-0.05, 0) is 62.6 Å². The molecule has 0 bridgehead atoms. The van der Waals surface area contributed by atoms with E-state index in [2.05, 4.69) is 31.0 Å². The van der Waals surface area contributed by atoms with Crippen LogP contribution in [0.3, 0.4) is 0 Å². The van der Waals surface area contributed by atoms with Crippen molar-refractivity contribution in [3.63, 3.8) is 0 Å². The summed E-state index contributed by atoms with van der Waals surface area (Å²) in [6, 6.07) is 0. The van der Waals surface area contributed by atoms with Gasteiger partial charge in [-0.1, -0.05) is 46.5 Å². The number of hydrogen-bond donors (Lipinski definition) is 1. The predicted octanol–water partition coefficient (Wildman–Crippen LogP) is 4.30. The Morgan fingerprint density at radius 3 is 2.24 bits per heavy atom. The molecule has 0 aromatic rings. The van der Waals surface area contributed by atoms with Crippen LogP contribution in [0, 0.1) is 17.3 Å². The highest BCUT2D eigenvalue weighted by Crippen LogP contribution is 2.39. The third-order valence-electron chi connectivity index (χ3n) is 5.65. The lowest BCUT2D eigenvalue weighted by Crippen LogP contribution is -2.47. The maximum atomic E-state index is 3.79. The summed E-state index contributed by atoms with van der Waals surface area (Å²) in [4.78, 5) is 2.79. The average molecular weight is 295 g/mol. The second-order valence-corrected chi connectivity index (χ2v) is 8.40. The van der Waals surface area contributed by atoms with Gasteiger partial charge in [-0.3, -0.25) is 0 Å². The van der Waals surface area contributed by atoms with Gasteiger partial charge in [0.1, 0.15) is 0 Å². The van der Waals surface area contributed by atoms with Crippen LogP contribution in [0.2, 0.25) is 0 Å². The molecule has 0 amide bonds. The Hall–Kier alpha value is -0.0800. The molecule has 21 heavy (non-hydrogen) atoms. The van der Waals surface area contributed by atoms with Crippen LogP contribution in [0.1, 0.15) is 72.1 Å². The molecule has 2 heteroatoms. The van der Waals surface area contributed by atoms with Crippen molar-refractivity contribution in [2.45, 2.75) is 72.1 Å². The molecule has 0 aromatic carbocycles. The SMILES string of the molecule is CC(C)CNCC1(CN2CCCCCC2)CCC(C)CC1. The maximum absolute atomic E-state index is 3.79. The third kappa shape index (κ3) is 5.90. The Kier molecular flexibility index (Phi) is 7.01. The van der Waals surface area contributed by atoms with Crippen LogP contribution in [0.15, 0.2) is 0 Å². The minimum Gasteiger partial charge on any atom is -0.316 e. The monoisotopic (exact) mass is 294 g/mol. The zero-order chi connectivity index (χ0) is 15.1. The normalized spacial score (nSPS) is 32.3. The largest absolute Gasteiger partial charge is 0.316 e. The Balaban J connectivity index is 1.90. The molecule has 1 saturated heterocycles. The molecule has 2 fully saturated rings. The summed E-state index contributed by atoms with van der Waals surface area (Å²) in [5.74, 6) is 1.72. The van der Waals surface area contributed by atoms with Gasteiger partial charge in [0.2, 0.25) is 0 Å². The third-order valence-corrected chi connectivity index (χ3v) is 5.65. The highest BCUT2D eigenvalue weighted by molar-refractivity contribution is 4.90. The fraction of sp³-hybridized carbons (Fsp3) is 1.00. The second kappa shape index (κ2) is 8.53. The summed E-state index contributed by atoms with van der Waals surface area (Å²) in [6.45, 7) is 13.5. The van der Waals surface area contributed by atoms with Crippen molar-refractivity contribution in [3.05, 3.63) is 0 Å². The Morgan fingerprint density at radius 2 is 1.67 bits per heavy atom. The molecule has 0 radical (unpaired) electrons. The summed E-state index contributed by atoms with van der Waals surface area (Å²) in [5.41, 5.74) is 0.561. The Labute approximate surface area is 133 Å². The van der Waals surface area contributed by atoms with E-state index in [9.17, 15) is 0 Å². The average Bonchev–Trinajstić information content (AvgIpc) is 2.70. The van der Waals surface area contributed by atoms with Gasteiger partial charge in [-0.2, -0.15) is 0 Å². The zero-order valence-electron chi connectivity index (χ0n) is 14.8. The van der Waals surface area contributed by atoms with Crippen LogP contribution in [0.25, 0.3) is 0 Å². The quantitative estimate of drug-likeness (QED) is 0.785. The van der Waals surface area contributed by atoms with Gasteiger partial charge in [0, 0.05) is 13.1 Å². The van der Waals surface area contributed by atoms with E-state index < -0.39 is 0 Å². The van der Waals surface area contributed by atoms with Gasteiger partial charge >= 0.3 is 0 Å². The van der Waals surface area contributed by atoms with Gasteiger partial charge in [-0.15, -0.1) is 0 Å². The first-order chi connectivity index (χ1) is 10.1. The minimum atomic E-state index is 0.561. The first-order valence-electron chi connectivity index (χ1n) is 9.53. The highest BCUT2D eigenvalue weighted by Gasteiger charge is 2.35. The van der Waals surface area contributed by atoms with Crippen molar-refractivity contribution in [2.24, 2.45) is 17.3 Å². The van der Waals surface area contributed by atoms with Crippen LogP contribution in [-0.2, 0) is 0 Å². The summed E-state index contributed by atoms with van der Waals surface area (Å²) >= 11 is 0. The van der Waals surface area contributed by atoms with Crippen molar-refractivity contribution < 1.29 is 0 Å². The minimum absolute atomic E-state index is 0.561. The molecule has 0 aromatic heterocycles. The van der Waals surface area contributed by atoms with Crippen molar-refractivity contribution in [1.82, 2.24) is 10.2 Å². The van der Waals surface area contributed by atoms with Gasteiger partial charge < -0.3 is 10.2 Å². The van der Waals surface area contributed by atoms with Gasteiger partial charge in [-0.25, -0.2) is 0 Å². The Morgan fingerprint density at radius 1 is 1.05 bits per heavy atom. The molecule has 0 unspecified atom stereocenters. The number of nitrogens with one attached hydrogen (secondary N) is 1. The van der Waals surface area contributed by atoms with E-state index in [1.165, 1.54) is 84.1 Å². The maximum Gasteiger partial charge on any atom is 0.00501 e. The van der Waals surface area contributed by atoms with Crippen LogP contribution < -0.4 is 5.32 Å². The Bertz CT molecular complexity index is 271. The van der Waals surface area contributed by atoms with Crippen LogP contribution in [-0.4, -0.2) is 37.6 Å². The smallest absolute Gasteiger partial charge is 0.00501 e. The summed E-state index contributed by atoms with van der Waals surface area (Å²) < 4.78 is 0. The van der Waals surface area contributed by atoms with E-state index in [1.807, 2.05) is 0 Å². The van der Waals surface area contributed by atoms with Gasteiger partial charge in [0.15, 0.2) is 0 Å². The van der Waals surface area contributed by atoms with Crippen LogP contribution >= 0.6 is 0 Å². The molecule has 2 aliphatic rings. The van der Waals surface area contributed by atoms with E-state index in [1.54, 1.807) is 0 Å². The lowest BCUT2D eigenvalue weighted by atomic mass is 9.70. The summed E-state index contributed by atoms with van der Waals surface area (Å²) in [5, 5.41) is 3.79. The molecule has 1 heterocycles. The molecular weight excluding hydrogens is 256 g/mol. The number of rotatable bonds is 6. The van der Waals surface area contributed by atoms with Gasteiger partial charge in [0.25, 0.3) is 0 Å². The molecule has 1 aliphatic heterocycles. The number of nitrogens with zero attached hydrogens (tertiary/aromatic N) is 1. The van der Waals surface area contributed by atoms with Crippen LogP contribution in [0.5, 0.6) is 0 Å². The second-order valence-electron chi connectivity index (χ2n) is 8.40. The first-order valence-corrected chi connectivity index (χ1v) is 9.53. The molecule has 0 spiro atoms. The topological polar surface area (TPSA) is 15.3 Å². The van der Waals surface area contributed by atoms with E-state index in [0.29, 0.717) is 5.41 Å². The van der Waals surface area contributed by atoms with Crippen molar-refractivity contribution in [1.29, 1.82) is 0 Å². The number of hydrogen-bond acceptors (Lipinski definition) is 2. The van der Waals surface area contributed by atoms with E-state index in [-0.39, 0.29) is 0 Å². The van der Waals surface area contributed by atoms with Crippen LogP contribution in [0.4, 0.5) is 0 Å². The highest BCUT2D eigenvalue weighted by atomic mass is 15.1. The van der Waals surface area contributed by atoms with E-state index in [4.69, 9.17) is 0 Å². The number of likely N-dealkylation sites (tertiary alicyclic amines) is 1. The molecular formula is C19H38N2. The lowest BCUT2D eigenvalue weighted by molar-refractivity contribution is 0.0873. The molecule has 0 atom stereocenters.